The van der Waals surface area contributed by atoms with E-state index in [0.717, 1.165) is 12.2 Å². The zero-order valence-electron chi connectivity index (χ0n) is 14.7. The van der Waals surface area contributed by atoms with Crippen molar-refractivity contribution < 1.29 is 0 Å². The maximum Gasteiger partial charge on any atom is 0.332 e. The van der Waals surface area contributed by atoms with Crippen LogP contribution in [0, 0.1) is 0 Å². The van der Waals surface area contributed by atoms with Gasteiger partial charge in [-0.2, -0.15) is 11.8 Å². The molecule has 0 radical (unpaired) electrons. The Morgan fingerprint density at radius 3 is 2.60 bits per heavy atom. The smallest absolute Gasteiger partial charge is 0.328 e. The lowest BCUT2D eigenvalue weighted by molar-refractivity contribution is 0.594. The Labute approximate surface area is 150 Å². The summed E-state index contributed by atoms with van der Waals surface area (Å²) in [5, 5.41) is 0.389. The summed E-state index contributed by atoms with van der Waals surface area (Å²) >= 11 is 1.83. The van der Waals surface area contributed by atoms with Crippen LogP contribution in [0.3, 0.4) is 0 Å². The number of benzene rings is 1. The molecule has 25 heavy (non-hydrogen) atoms. The van der Waals surface area contributed by atoms with Gasteiger partial charge in [0.15, 0.2) is 11.2 Å². The average molecular weight is 358 g/mol. The summed E-state index contributed by atoms with van der Waals surface area (Å²) in [5.74, 6) is 0.884. The molecule has 0 aliphatic carbocycles. The fourth-order valence-electron chi connectivity index (χ4n) is 2.90. The highest BCUT2D eigenvalue weighted by molar-refractivity contribution is 7.99. The van der Waals surface area contributed by atoms with Gasteiger partial charge < -0.3 is 4.57 Å². The van der Waals surface area contributed by atoms with E-state index < -0.39 is 0 Å². The van der Waals surface area contributed by atoms with Crippen molar-refractivity contribution in [1.29, 1.82) is 0 Å². The normalized spacial score (nSPS) is 12.6. The molecule has 6 nitrogen and oxygen atoms in total. The van der Waals surface area contributed by atoms with Gasteiger partial charge in [0.2, 0.25) is 0 Å². The van der Waals surface area contributed by atoms with E-state index in [2.05, 4.69) is 24.0 Å². The van der Waals surface area contributed by atoms with Gasteiger partial charge in [-0.1, -0.05) is 30.3 Å². The van der Waals surface area contributed by atoms with Crippen molar-refractivity contribution in [2.45, 2.75) is 25.1 Å². The fraction of sp³-hybridized carbons (Fsp3) is 0.389. The Morgan fingerprint density at radius 2 is 1.88 bits per heavy atom. The third kappa shape index (κ3) is 3.42. The zero-order chi connectivity index (χ0) is 18.0. The standard InChI is InChI=1S/C18H22N4O2S/c1-13(14-8-5-4-6-9-14)25-11-7-10-22-17(23)15-16(19-12-20(15)2)21(3)18(22)24/h4-6,8-9,12-13H,7,10-11H2,1-3H3/t13-/m1/s1. The Hall–Kier alpha value is -2.28. The minimum atomic E-state index is -0.308. The molecule has 0 bridgehead atoms. The molecule has 1 aromatic carbocycles. The van der Waals surface area contributed by atoms with Gasteiger partial charge in [-0.15, -0.1) is 0 Å². The predicted octanol–water partition coefficient (Wildman–Crippen LogP) is 2.32. The number of thioether (sulfide) groups is 1. The molecule has 132 valence electrons. The second-order valence-corrected chi connectivity index (χ2v) is 7.55. The number of hydrogen-bond donors (Lipinski definition) is 0. The van der Waals surface area contributed by atoms with Crippen LogP contribution in [-0.4, -0.2) is 24.4 Å². The minimum absolute atomic E-state index is 0.265. The van der Waals surface area contributed by atoms with Gasteiger partial charge in [-0.3, -0.25) is 13.9 Å². The molecular formula is C18H22N4O2S. The number of rotatable bonds is 6. The van der Waals surface area contributed by atoms with Gasteiger partial charge in [0.05, 0.1) is 6.33 Å². The molecule has 0 aliphatic rings. The van der Waals surface area contributed by atoms with Crippen LogP contribution in [0.1, 0.15) is 24.2 Å². The second-order valence-electron chi connectivity index (χ2n) is 6.10. The average Bonchev–Trinajstić information content (AvgIpc) is 3.01. The van der Waals surface area contributed by atoms with Crippen LogP contribution >= 0.6 is 11.8 Å². The van der Waals surface area contributed by atoms with Gasteiger partial charge in [-0.25, -0.2) is 9.78 Å². The molecule has 1 atom stereocenters. The van der Waals surface area contributed by atoms with Crippen LogP contribution in [-0.2, 0) is 20.6 Å². The first-order valence-electron chi connectivity index (χ1n) is 8.28. The van der Waals surface area contributed by atoms with E-state index in [1.807, 2.05) is 30.0 Å². The molecule has 0 N–H and O–H groups in total. The third-order valence-corrected chi connectivity index (χ3v) is 5.66. The third-order valence-electron chi connectivity index (χ3n) is 4.36. The van der Waals surface area contributed by atoms with Crippen molar-refractivity contribution in [3.63, 3.8) is 0 Å². The molecule has 2 heterocycles. The summed E-state index contributed by atoms with van der Waals surface area (Å²) in [6.45, 7) is 2.59. The van der Waals surface area contributed by atoms with Crippen LogP contribution in [0.2, 0.25) is 0 Å². The van der Waals surface area contributed by atoms with E-state index in [4.69, 9.17) is 0 Å². The predicted molar refractivity (Wildman–Crippen MR) is 102 cm³/mol. The molecule has 0 amide bonds. The number of fused-ring (bicyclic) bond motifs is 1. The van der Waals surface area contributed by atoms with E-state index >= 15 is 0 Å². The van der Waals surface area contributed by atoms with Crippen molar-refractivity contribution in [2.75, 3.05) is 5.75 Å². The summed E-state index contributed by atoms with van der Waals surface area (Å²) < 4.78 is 4.42. The molecule has 0 saturated carbocycles. The lowest BCUT2D eigenvalue weighted by Gasteiger charge is -2.12. The SMILES string of the molecule is C[C@@H](SCCCn1c(=O)c2c(ncn2C)n(C)c1=O)c1ccccc1. The van der Waals surface area contributed by atoms with E-state index in [-0.39, 0.29) is 11.2 Å². The molecule has 3 aromatic rings. The Kier molecular flexibility index (Phi) is 5.13. The van der Waals surface area contributed by atoms with Gasteiger partial charge in [0, 0.05) is 25.9 Å². The number of nitrogens with zero attached hydrogens (tertiary/aromatic N) is 4. The van der Waals surface area contributed by atoms with Gasteiger partial charge in [-0.05, 0) is 24.7 Å². The highest BCUT2D eigenvalue weighted by Crippen LogP contribution is 2.28. The topological polar surface area (TPSA) is 61.8 Å². The number of hydrogen-bond acceptors (Lipinski definition) is 4. The molecule has 0 spiro atoms. The lowest BCUT2D eigenvalue weighted by Crippen LogP contribution is -2.39. The van der Waals surface area contributed by atoms with Crippen molar-refractivity contribution >= 4 is 22.9 Å². The van der Waals surface area contributed by atoms with Crippen LogP contribution in [0.4, 0.5) is 0 Å². The molecular weight excluding hydrogens is 336 g/mol. The van der Waals surface area contributed by atoms with E-state index in [1.54, 1.807) is 25.0 Å². The highest BCUT2D eigenvalue weighted by atomic mass is 32.2. The summed E-state index contributed by atoms with van der Waals surface area (Å²) in [7, 11) is 3.42. The highest BCUT2D eigenvalue weighted by Gasteiger charge is 2.14. The quantitative estimate of drug-likeness (QED) is 0.635. The summed E-state index contributed by atoms with van der Waals surface area (Å²) in [4.78, 5) is 29.2. The fourth-order valence-corrected chi connectivity index (χ4v) is 3.90. The Bertz CT molecular complexity index is 988. The molecule has 0 saturated heterocycles. The molecule has 2 aromatic heterocycles. The van der Waals surface area contributed by atoms with Gasteiger partial charge >= 0.3 is 5.69 Å². The Balaban J connectivity index is 1.71. The van der Waals surface area contributed by atoms with E-state index in [0.29, 0.717) is 23.0 Å². The molecule has 7 heteroatoms. The monoisotopic (exact) mass is 358 g/mol. The number of aryl methyl sites for hydroxylation is 2. The maximum absolute atomic E-state index is 12.6. The second kappa shape index (κ2) is 7.31. The van der Waals surface area contributed by atoms with E-state index in [1.165, 1.54) is 14.7 Å². The van der Waals surface area contributed by atoms with Crippen molar-refractivity contribution in [3.8, 4) is 0 Å². The van der Waals surface area contributed by atoms with E-state index in [9.17, 15) is 9.59 Å². The molecule has 0 unspecified atom stereocenters. The van der Waals surface area contributed by atoms with Crippen molar-refractivity contribution in [3.05, 3.63) is 63.1 Å². The maximum atomic E-state index is 12.6. The molecule has 3 rings (SSSR count). The summed E-state index contributed by atoms with van der Waals surface area (Å²) in [6.07, 6.45) is 2.33. The van der Waals surface area contributed by atoms with Gasteiger partial charge in [0.25, 0.3) is 5.56 Å². The summed E-state index contributed by atoms with van der Waals surface area (Å²) in [5.41, 5.74) is 1.61. The van der Waals surface area contributed by atoms with Crippen molar-refractivity contribution in [1.82, 2.24) is 18.7 Å². The van der Waals surface area contributed by atoms with Crippen molar-refractivity contribution in [2.24, 2.45) is 14.1 Å². The lowest BCUT2D eigenvalue weighted by atomic mass is 10.2. The summed E-state index contributed by atoms with van der Waals surface area (Å²) in [6, 6.07) is 10.3. The van der Waals surface area contributed by atoms with Crippen LogP contribution in [0.15, 0.2) is 46.2 Å². The minimum Gasteiger partial charge on any atom is -0.328 e. The molecule has 0 aliphatic heterocycles. The first-order valence-corrected chi connectivity index (χ1v) is 9.33. The first-order chi connectivity index (χ1) is 12.0. The van der Waals surface area contributed by atoms with Crippen LogP contribution in [0.5, 0.6) is 0 Å². The van der Waals surface area contributed by atoms with Gasteiger partial charge in [0.1, 0.15) is 0 Å². The number of aromatic nitrogens is 4. The van der Waals surface area contributed by atoms with Crippen LogP contribution < -0.4 is 11.2 Å². The Morgan fingerprint density at radius 1 is 1.16 bits per heavy atom. The van der Waals surface area contributed by atoms with Crippen LogP contribution in [0.25, 0.3) is 11.2 Å². The number of imidazole rings is 1. The largest absolute Gasteiger partial charge is 0.332 e. The first kappa shape index (κ1) is 17.5. The zero-order valence-corrected chi connectivity index (χ0v) is 15.5. The molecule has 0 fully saturated rings.